The van der Waals surface area contributed by atoms with Crippen LogP contribution in [0.25, 0.3) is 0 Å². The number of rotatable bonds is 2. The Morgan fingerprint density at radius 3 is 2.75 bits per heavy atom. The topological polar surface area (TPSA) is 24.9 Å². The molecule has 0 bridgehead atoms. The van der Waals surface area contributed by atoms with Crippen molar-refractivity contribution in [2.75, 3.05) is 5.32 Å². The standard InChI is InChI=1S/C11H13BrCl2N2/c1-11(2)8(14)4-9(11)16-10-7(13)3-6(12)5-15-10/h3,5,8-9H,4H2,1-2H3,(H,15,16). The van der Waals surface area contributed by atoms with E-state index in [-0.39, 0.29) is 10.8 Å². The van der Waals surface area contributed by atoms with Crippen molar-refractivity contribution in [3.05, 3.63) is 21.8 Å². The molecule has 16 heavy (non-hydrogen) atoms. The molecule has 1 heterocycles. The van der Waals surface area contributed by atoms with Gasteiger partial charge in [0, 0.05) is 27.5 Å². The fraction of sp³-hybridized carbons (Fsp3) is 0.545. The van der Waals surface area contributed by atoms with Crippen LogP contribution in [0.3, 0.4) is 0 Å². The van der Waals surface area contributed by atoms with Crippen LogP contribution in [0.5, 0.6) is 0 Å². The Morgan fingerprint density at radius 2 is 2.25 bits per heavy atom. The van der Waals surface area contributed by atoms with Gasteiger partial charge in [0.15, 0.2) is 0 Å². The molecule has 1 saturated carbocycles. The minimum Gasteiger partial charge on any atom is -0.365 e. The molecule has 0 spiro atoms. The fourth-order valence-corrected chi connectivity index (χ4v) is 2.82. The third-order valence-electron chi connectivity index (χ3n) is 3.27. The Balaban J connectivity index is 2.11. The van der Waals surface area contributed by atoms with Crippen molar-refractivity contribution in [2.24, 2.45) is 5.41 Å². The summed E-state index contributed by atoms with van der Waals surface area (Å²) in [5, 5.41) is 4.20. The van der Waals surface area contributed by atoms with Gasteiger partial charge in [0.2, 0.25) is 0 Å². The van der Waals surface area contributed by atoms with E-state index in [9.17, 15) is 0 Å². The van der Waals surface area contributed by atoms with Crippen molar-refractivity contribution in [1.29, 1.82) is 0 Å². The number of aromatic nitrogens is 1. The van der Waals surface area contributed by atoms with E-state index in [4.69, 9.17) is 23.2 Å². The van der Waals surface area contributed by atoms with Gasteiger partial charge >= 0.3 is 0 Å². The molecule has 1 N–H and O–H groups in total. The molecular weight excluding hydrogens is 311 g/mol. The normalized spacial score (nSPS) is 27.3. The number of alkyl halides is 1. The average molecular weight is 324 g/mol. The Kier molecular flexibility index (Phi) is 3.39. The van der Waals surface area contributed by atoms with Crippen LogP contribution in [0.4, 0.5) is 5.82 Å². The van der Waals surface area contributed by atoms with Crippen LogP contribution in [0, 0.1) is 5.41 Å². The van der Waals surface area contributed by atoms with Gasteiger partial charge in [-0.25, -0.2) is 4.98 Å². The summed E-state index contributed by atoms with van der Waals surface area (Å²) in [6.07, 6.45) is 2.68. The van der Waals surface area contributed by atoms with E-state index in [0.717, 1.165) is 16.7 Å². The van der Waals surface area contributed by atoms with Crippen LogP contribution in [-0.4, -0.2) is 16.4 Å². The highest BCUT2D eigenvalue weighted by Gasteiger charge is 2.47. The van der Waals surface area contributed by atoms with E-state index in [1.54, 1.807) is 6.20 Å². The van der Waals surface area contributed by atoms with Gasteiger partial charge in [-0.2, -0.15) is 0 Å². The fourth-order valence-electron chi connectivity index (χ4n) is 1.80. The zero-order valence-corrected chi connectivity index (χ0v) is 12.2. The Hall–Kier alpha value is 0.01000. The predicted molar refractivity (Wildman–Crippen MR) is 72.4 cm³/mol. The molecular formula is C11H13BrCl2N2. The van der Waals surface area contributed by atoms with E-state index >= 15 is 0 Å². The smallest absolute Gasteiger partial charge is 0.145 e. The van der Waals surface area contributed by atoms with Crippen molar-refractivity contribution in [1.82, 2.24) is 4.98 Å². The molecule has 0 aromatic carbocycles. The van der Waals surface area contributed by atoms with Crippen LogP contribution in [-0.2, 0) is 0 Å². The van der Waals surface area contributed by atoms with Crippen molar-refractivity contribution >= 4 is 44.9 Å². The number of nitrogens with one attached hydrogen (secondary N) is 1. The van der Waals surface area contributed by atoms with Crippen LogP contribution < -0.4 is 5.32 Å². The Morgan fingerprint density at radius 1 is 1.56 bits per heavy atom. The first-order valence-electron chi connectivity index (χ1n) is 5.13. The second kappa shape index (κ2) is 4.35. The van der Waals surface area contributed by atoms with Crippen LogP contribution in [0.2, 0.25) is 5.02 Å². The summed E-state index contributed by atoms with van der Waals surface area (Å²) in [7, 11) is 0. The van der Waals surface area contributed by atoms with Crippen molar-refractivity contribution in [3.63, 3.8) is 0 Å². The van der Waals surface area contributed by atoms with Gasteiger partial charge in [-0.05, 0) is 28.4 Å². The lowest BCUT2D eigenvalue weighted by atomic mass is 9.67. The second-order valence-electron chi connectivity index (χ2n) is 4.71. The summed E-state index contributed by atoms with van der Waals surface area (Å²) in [6, 6.07) is 2.17. The number of nitrogens with zero attached hydrogens (tertiary/aromatic N) is 1. The highest BCUT2D eigenvalue weighted by Crippen LogP contribution is 2.46. The molecule has 0 amide bonds. The lowest BCUT2D eigenvalue weighted by molar-refractivity contribution is 0.168. The minimum absolute atomic E-state index is 0.0830. The molecule has 2 atom stereocenters. The van der Waals surface area contributed by atoms with Gasteiger partial charge < -0.3 is 5.32 Å². The summed E-state index contributed by atoms with van der Waals surface area (Å²) in [5.41, 5.74) is 0.0830. The number of pyridine rings is 1. The number of anilines is 1. The van der Waals surface area contributed by atoms with Crippen molar-refractivity contribution in [3.8, 4) is 0 Å². The monoisotopic (exact) mass is 322 g/mol. The highest BCUT2D eigenvalue weighted by molar-refractivity contribution is 9.10. The van der Waals surface area contributed by atoms with Gasteiger partial charge in [0.1, 0.15) is 5.82 Å². The van der Waals surface area contributed by atoms with Gasteiger partial charge in [-0.3, -0.25) is 0 Å². The second-order valence-corrected chi connectivity index (χ2v) is 6.56. The predicted octanol–water partition coefficient (Wildman–Crippen LogP) is 4.32. The molecule has 88 valence electrons. The van der Waals surface area contributed by atoms with E-state index in [1.165, 1.54) is 0 Å². The molecule has 1 aromatic heterocycles. The zero-order valence-electron chi connectivity index (χ0n) is 9.10. The first-order valence-corrected chi connectivity index (χ1v) is 6.73. The minimum atomic E-state index is 0.0830. The lowest BCUT2D eigenvalue weighted by Crippen LogP contribution is -2.54. The first-order chi connectivity index (χ1) is 7.41. The van der Waals surface area contributed by atoms with Crippen LogP contribution in [0.15, 0.2) is 16.7 Å². The number of hydrogen-bond acceptors (Lipinski definition) is 2. The van der Waals surface area contributed by atoms with Crippen LogP contribution >= 0.6 is 39.1 Å². The van der Waals surface area contributed by atoms with E-state index in [1.807, 2.05) is 6.07 Å². The Labute approximate surface area is 114 Å². The summed E-state index contributed by atoms with van der Waals surface area (Å²) < 4.78 is 0.881. The molecule has 2 nitrogen and oxygen atoms in total. The SMILES string of the molecule is CC1(C)C(Cl)CC1Nc1ncc(Br)cc1Cl. The maximum atomic E-state index is 6.17. The van der Waals surface area contributed by atoms with Gasteiger partial charge in [-0.1, -0.05) is 25.4 Å². The Bertz CT molecular complexity index is 409. The molecule has 1 aromatic rings. The summed E-state index contributed by atoms with van der Waals surface area (Å²) in [6.45, 7) is 4.30. The van der Waals surface area contributed by atoms with E-state index in [0.29, 0.717) is 11.1 Å². The third kappa shape index (κ3) is 2.18. The van der Waals surface area contributed by atoms with Crippen molar-refractivity contribution in [2.45, 2.75) is 31.7 Å². The molecule has 5 heteroatoms. The molecule has 1 fully saturated rings. The number of halogens is 3. The largest absolute Gasteiger partial charge is 0.365 e. The summed E-state index contributed by atoms with van der Waals surface area (Å²) >= 11 is 15.6. The maximum absolute atomic E-state index is 6.17. The molecule has 1 aliphatic rings. The molecule has 2 rings (SSSR count). The van der Waals surface area contributed by atoms with Gasteiger partial charge in [0.05, 0.1) is 5.02 Å². The van der Waals surface area contributed by atoms with Crippen LogP contribution in [0.1, 0.15) is 20.3 Å². The van der Waals surface area contributed by atoms with E-state index in [2.05, 4.69) is 40.1 Å². The molecule has 0 aliphatic heterocycles. The zero-order chi connectivity index (χ0) is 11.9. The number of hydrogen-bond donors (Lipinski definition) is 1. The lowest BCUT2D eigenvalue weighted by Gasteiger charge is -2.49. The molecule has 0 saturated heterocycles. The molecule has 0 radical (unpaired) electrons. The highest BCUT2D eigenvalue weighted by atomic mass is 79.9. The quantitative estimate of drug-likeness (QED) is 0.820. The maximum Gasteiger partial charge on any atom is 0.145 e. The first kappa shape index (κ1) is 12.5. The summed E-state index contributed by atoms with van der Waals surface area (Å²) in [4.78, 5) is 4.26. The third-order valence-corrected chi connectivity index (χ3v) is 4.73. The summed E-state index contributed by atoms with van der Waals surface area (Å²) in [5.74, 6) is 0.728. The molecule has 1 aliphatic carbocycles. The van der Waals surface area contributed by atoms with Gasteiger partial charge in [0.25, 0.3) is 0 Å². The average Bonchev–Trinajstić information content (AvgIpc) is 2.21. The molecule has 2 unspecified atom stereocenters. The van der Waals surface area contributed by atoms with E-state index < -0.39 is 0 Å². The van der Waals surface area contributed by atoms with Gasteiger partial charge in [-0.15, -0.1) is 11.6 Å². The van der Waals surface area contributed by atoms with Crippen molar-refractivity contribution < 1.29 is 0 Å².